The summed E-state index contributed by atoms with van der Waals surface area (Å²) in [6.07, 6.45) is -1.65. The predicted octanol–water partition coefficient (Wildman–Crippen LogP) is 2.52. The van der Waals surface area contributed by atoms with Crippen molar-refractivity contribution in [1.82, 2.24) is 14.8 Å². The Kier molecular flexibility index (Phi) is 2.70. The van der Waals surface area contributed by atoms with Crippen molar-refractivity contribution < 1.29 is 13.2 Å². The number of hydrogen-bond donors (Lipinski definition) is 1. The molecule has 2 aromatic heterocycles. The van der Waals surface area contributed by atoms with E-state index in [9.17, 15) is 13.2 Å². The van der Waals surface area contributed by atoms with Crippen LogP contribution in [0.25, 0.3) is 5.82 Å². The standard InChI is InChI=1S/C9H6ClF3N4/c10-6-1-7(14)8(15-3-6)17-4-5(2-16-17)9(11,12)13/h1-4H,14H2. The SMILES string of the molecule is Nc1cc(Cl)cnc1-n1cc(C(F)(F)F)cn1. The molecule has 0 fully saturated rings. The molecule has 0 aliphatic carbocycles. The molecule has 0 spiro atoms. The molecule has 0 bridgehead atoms. The van der Waals surface area contributed by atoms with E-state index in [1.54, 1.807) is 0 Å². The minimum Gasteiger partial charge on any atom is -0.396 e. The molecule has 2 N–H and O–H groups in total. The van der Waals surface area contributed by atoms with Crippen LogP contribution < -0.4 is 5.73 Å². The van der Waals surface area contributed by atoms with Crippen LogP contribution in [0.4, 0.5) is 18.9 Å². The van der Waals surface area contributed by atoms with Gasteiger partial charge in [0.05, 0.1) is 22.5 Å². The first kappa shape index (κ1) is 11.7. The first-order valence-electron chi connectivity index (χ1n) is 4.41. The Morgan fingerprint density at radius 3 is 2.53 bits per heavy atom. The lowest BCUT2D eigenvalue weighted by atomic mass is 10.3. The van der Waals surface area contributed by atoms with Crippen molar-refractivity contribution in [2.75, 3.05) is 5.73 Å². The van der Waals surface area contributed by atoms with Gasteiger partial charge >= 0.3 is 6.18 Å². The number of anilines is 1. The van der Waals surface area contributed by atoms with E-state index < -0.39 is 11.7 Å². The molecular weight excluding hydrogens is 257 g/mol. The molecular formula is C9H6ClF3N4. The number of aromatic nitrogens is 3. The van der Waals surface area contributed by atoms with Crippen LogP contribution in [-0.2, 0) is 6.18 Å². The van der Waals surface area contributed by atoms with Gasteiger partial charge in [0.15, 0.2) is 5.82 Å². The van der Waals surface area contributed by atoms with Gasteiger partial charge in [-0.1, -0.05) is 11.6 Å². The van der Waals surface area contributed by atoms with Gasteiger partial charge in [-0.3, -0.25) is 0 Å². The smallest absolute Gasteiger partial charge is 0.396 e. The molecule has 0 aromatic carbocycles. The topological polar surface area (TPSA) is 56.7 Å². The summed E-state index contributed by atoms with van der Waals surface area (Å²) in [5, 5.41) is 3.85. The van der Waals surface area contributed by atoms with Crippen molar-refractivity contribution in [1.29, 1.82) is 0 Å². The summed E-state index contributed by atoms with van der Waals surface area (Å²) in [4.78, 5) is 3.82. The maximum absolute atomic E-state index is 12.4. The first-order valence-corrected chi connectivity index (χ1v) is 4.79. The third-order valence-corrected chi connectivity index (χ3v) is 2.20. The van der Waals surface area contributed by atoms with Crippen molar-refractivity contribution in [2.24, 2.45) is 0 Å². The van der Waals surface area contributed by atoms with Crippen LogP contribution in [0.5, 0.6) is 0 Å². The Morgan fingerprint density at radius 2 is 2.00 bits per heavy atom. The van der Waals surface area contributed by atoms with E-state index in [2.05, 4.69) is 10.1 Å². The summed E-state index contributed by atoms with van der Waals surface area (Å²) in [7, 11) is 0. The lowest BCUT2D eigenvalue weighted by Gasteiger charge is -2.04. The number of nitrogens with zero attached hydrogens (tertiary/aromatic N) is 3. The maximum atomic E-state index is 12.4. The van der Waals surface area contributed by atoms with Gasteiger partial charge in [-0.25, -0.2) is 9.67 Å². The van der Waals surface area contributed by atoms with Crippen LogP contribution in [0.2, 0.25) is 5.02 Å². The molecule has 0 amide bonds. The number of nitrogen functional groups attached to an aromatic ring is 1. The van der Waals surface area contributed by atoms with Crippen molar-refractivity contribution in [3.05, 3.63) is 35.2 Å². The van der Waals surface area contributed by atoms with E-state index >= 15 is 0 Å². The highest BCUT2D eigenvalue weighted by atomic mass is 35.5. The van der Waals surface area contributed by atoms with Gasteiger partial charge in [0.1, 0.15) is 0 Å². The van der Waals surface area contributed by atoms with Crippen LogP contribution in [0, 0.1) is 0 Å². The molecule has 0 unspecified atom stereocenters. The molecule has 2 heterocycles. The van der Waals surface area contributed by atoms with Crippen LogP contribution in [0.15, 0.2) is 24.7 Å². The van der Waals surface area contributed by atoms with Crippen LogP contribution in [-0.4, -0.2) is 14.8 Å². The molecule has 0 aliphatic heterocycles. The van der Waals surface area contributed by atoms with Crippen LogP contribution >= 0.6 is 11.6 Å². The average Bonchev–Trinajstić information content (AvgIpc) is 2.65. The Balaban J connectivity index is 2.44. The molecule has 0 atom stereocenters. The highest BCUT2D eigenvalue weighted by Crippen LogP contribution is 2.29. The van der Waals surface area contributed by atoms with E-state index in [1.165, 1.54) is 12.3 Å². The minimum absolute atomic E-state index is 0.102. The molecule has 0 aliphatic rings. The molecule has 90 valence electrons. The number of hydrogen-bond acceptors (Lipinski definition) is 3. The van der Waals surface area contributed by atoms with Gasteiger partial charge in [0, 0.05) is 12.4 Å². The lowest BCUT2D eigenvalue weighted by molar-refractivity contribution is -0.137. The molecule has 0 saturated carbocycles. The molecule has 2 rings (SSSR count). The highest BCUT2D eigenvalue weighted by Gasteiger charge is 2.32. The van der Waals surface area contributed by atoms with E-state index in [4.69, 9.17) is 17.3 Å². The molecule has 0 radical (unpaired) electrons. The first-order chi connectivity index (χ1) is 7.88. The second kappa shape index (κ2) is 3.92. The Labute approximate surface area is 98.8 Å². The summed E-state index contributed by atoms with van der Waals surface area (Å²) in [5.41, 5.74) is 4.86. The van der Waals surface area contributed by atoms with Gasteiger partial charge in [0.25, 0.3) is 0 Å². The third kappa shape index (κ3) is 2.33. The van der Waals surface area contributed by atoms with Gasteiger partial charge in [-0.05, 0) is 6.07 Å². The summed E-state index contributed by atoms with van der Waals surface area (Å²) < 4.78 is 38.0. The molecule has 8 heteroatoms. The van der Waals surface area contributed by atoms with Crippen LogP contribution in [0.1, 0.15) is 5.56 Å². The number of halogens is 4. The van der Waals surface area contributed by atoms with E-state index in [1.807, 2.05) is 0 Å². The number of rotatable bonds is 1. The number of nitrogens with two attached hydrogens (primary N) is 1. The second-order valence-electron chi connectivity index (χ2n) is 3.24. The van der Waals surface area contributed by atoms with E-state index in [-0.39, 0.29) is 11.5 Å². The van der Waals surface area contributed by atoms with Gasteiger partial charge in [-0.2, -0.15) is 18.3 Å². The summed E-state index contributed by atoms with van der Waals surface area (Å²) in [6.45, 7) is 0. The van der Waals surface area contributed by atoms with Crippen molar-refractivity contribution in [3.8, 4) is 5.82 Å². The third-order valence-electron chi connectivity index (χ3n) is 1.99. The summed E-state index contributed by atoms with van der Waals surface area (Å²) in [6, 6.07) is 1.39. The van der Waals surface area contributed by atoms with Crippen LogP contribution in [0.3, 0.4) is 0 Å². The lowest BCUT2D eigenvalue weighted by Crippen LogP contribution is -2.05. The fraction of sp³-hybridized carbons (Fsp3) is 0.111. The quantitative estimate of drug-likeness (QED) is 0.859. The van der Waals surface area contributed by atoms with Gasteiger partial charge in [-0.15, -0.1) is 0 Å². The summed E-state index contributed by atoms with van der Waals surface area (Å²) >= 11 is 5.63. The van der Waals surface area contributed by atoms with E-state index in [0.29, 0.717) is 11.2 Å². The average molecular weight is 263 g/mol. The predicted molar refractivity (Wildman–Crippen MR) is 55.8 cm³/mol. The normalized spacial score (nSPS) is 11.8. The highest BCUT2D eigenvalue weighted by molar-refractivity contribution is 6.30. The zero-order chi connectivity index (χ0) is 12.6. The maximum Gasteiger partial charge on any atom is 0.419 e. The molecule has 0 saturated heterocycles. The second-order valence-corrected chi connectivity index (χ2v) is 3.67. The largest absolute Gasteiger partial charge is 0.419 e. The number of pyridine rings is 1. The zero-order valence-corrected chi connectivity index (χ0v) is 9.00. The zero-order valence-electron chi connectivity index (χ0n) is 8.24. The van der Waals surface area contributed by atoms with Crippen molar-refractivity contribution in [2.45, 2.75) is 6.18 Å². The number of alkyl halides is 3. The fourth-order valence-electron chi connectivity index (χ4n) is 1.22. The molecule has 4 nitrogen and oxygen atoms in total. The van der Waals surface area contributed by atoms with Crippen molar-refractivity contribution in [3.63, 3.8) is 0 Å². The van der Waals surface area contributed by atoms with Crippen molar-refractivity contribution >= 4 is 17.3 Å². The molecule has 2 aromatic rings. The monoisotopic (exact) mass is 262 g/mol. The molecule has 17 heavy (non-hydrogen) atoms. The minimum atomic E-state index is -4.45. The summed E-state index contributed by atoms with van der Waals surface area (Å²) in [5.74, 6) is 0.102. The van der Waals surface area contributed by atoms with Gasteiger partial charge < -0.3 is 5.73 Å². The Hall–Kier alpha value is -1.76. The Morgan fingerprint density at radius 1 is 1.29 bits per heavy atom. The van der Waals surface area contributed by atoms with E-state index in [0.717, 1.165) is 10.9 Å². The fourth-order valence-corrected chi connectivity index (χ4v) is 1.39. The Bertz CT molecular complexity index is 549. The van der Waals surface area contributed by atoms with Gasteiger partial charge in [0.2, 0.25) is 0 Å².